The van der Waals surface area contributed by atoms with Crippen LogP contribution >= 0.6 is 0 Å². The fraction of sp³-hybridized carbons (Fsp3) is 0.300. The van der Waals surface area contributed by atoms with Gasteiger partial charge in [0, 0.05) is 23.9 Å². The standard InChI is InChI=1S/C20H24N4O3/c1-11-8-12(2)19(26)16(9-11)17-10-18(24-23-17)20(27)22-15-6-4-14(5-7-15)21-13(3)25/h4-9,17-18,23-24,26H,10H2,1-3H3,(H,21,25)(H,22,27). The Morgan fingerprint density at radius 1 is 1.04 bits per heavy atom. The number of aromatic hydroxyl groups is 1. The average Bonchev–Trinajstić information content (AvgIpc) is 3.09. The minimum Gasteiger partial charge on any atom is -0.507 e. The summed E-state index contributed by atoms with van der Waals surface area (Å²) in [4.78, 5) is 23.6. The molecule has 27 heavy (non-hydrogen) atoms. The summed E-state index contributed by atoms with van der Waals surface area (Å²) in [6, 6.07) is 10.2. The summed E-state index contributed by atoms with van der Waals surface area (Å²) in [5, 5.41) is 15.9. The number of phenolic OH excluding ortho intramolecular Hbond substituents is 1. The van der Waals surface area contributed by atoms with Crippen LogP contribution < -0.4 is 21.5 Å². The van der Waals surface area contributed by atoms with E-state index >= 15 is 0 Å². The van der Waals surface area contributed by atoms with Crippen LogP contribution in [0.4, 0.5) is 11.4 Å². The van der Waals surface area contributed by atoms with E-state index in [0.29, 0.717) is 17.8 Å². The zero-order chi connectivity index (χ0) is 19.6. The van der Waals surface area contributed by atoms with E-state index in [2.05, 4.69) is 21.5 Å². The summed E-state index contributed by atoms with van der Waals surface area (Å²) in [6.45, 7) is 5.29. The van der Waals surface area contributed by atoms with E-state index in [1.54, 1.807) is 24.3 Å². The first-order chi connectivity index (χ1) is 12.8. The van der Waals surface area contributed by atoms with Crippen molar-refractivity contribution in [3.05, 3.63) is 53.1 Å². The van der Waals surface area contributed by atoms with Crippen LogP contribution in [-0.2, 0) is 9.59 Å². The van der Waals surface area contributed by atoms with E-state index in [1.807, 2.05) is 26.0 Å². The first-order valence-corrected chi connectivity index (χ1v) is 8.83. The molecule has 1 aliphatic heterocycles. The lowest BCUT2D eigenvalue weighted by molar-refractivity contribution is -0.118. The molecule has 0 saturated carbocycles. The minimum absolute atomic E-state index is 0.145. The smallest absolute Gasteiger partial charge is 0.242 e. The molecule has 2 aromatic rings. The average molecular weight is 368 g/mol. The predicted octanol–water partition coefficient (Wildman–Crippen LogP) is 2.51. The molecule has 2 aromatic carbocycles. The number of benzene rings is 2. The molecule has 1 heterocycles. The molecule has 142 valence electrons. The summed E-state index contributed by atoms with van der Waals surface area (Å²) in [5.74, 6) is -0.0515. The monoisotopic (exact) mass is 368 g/mol. The van der Waals surface area contributed by atoms with Gasteiger partial charge in [-0.1, -0.05) is 17.7 Å². The molecule has 7 heteroatoms. The topological polar surface area (TPSA) is 102 Å². The van der Waals surface area contributed by atoms with Gasteiger partial charge in [0.25, 0.3) is 0 Å². The number of aryl methyl sites for hydroxylation is 2. The molecular weight excluding hydrogens is 344 g/mol. The normalized spacial score (nSPS) is 18.9. The first kappa shape index (κ1) is 18.9. The largest absolute Gasteiger partial charge is 0.507 e. The molecule has 2 atom stereocenters. The molecule has 0 aromatic heterocycles. The lowest BCUT2D eigenvalue weighted by Crippen LogP contribution is -2.39. The molecule has 1 saturated heterocycles. The van der Waals surface area contributed by atoms with Crippen LogP contribution in [0.2, 0.25) is 0 Å². The molecule has 0 aliphatic carbocycles. The van der Waals surface area contributed by atoms with Gasteiger partial charge in [0.15, 0.2) is 0 Å². The molecule has 2 unspecified atom stereocenters. The van der Waals surface area contributed by atoms with Gasteiger partial charge in [0.05, 0.1) is 6.04 Å². The summed E-state index contributed by atoms with van der Waals surface area (Å²) >= 11 is 0. The second-order valence-corrected chi connectivity index (χ2v) is 6.90. The van der Waals surface area contributed by atoms with Gasteiger partial charge in [-0.3, -0.25) is 9.59 Å². The molecule has 1 fully saturated rings. The molecule has 7 nitrogen and oxygen atoms in total. The Bertz CT molecular complexity index is 864. The maximum Gasteiger partial charge on any atom is 0.242 e. The van der Waals surface area contributed by atoms with Crippen molar-refractivity contribution in [3.63, 3.8) is 0 Å². The van der Waals surface area contributed by atoms with Gasteiger partial charge in [0.1, 0.15) is 11.8 Å². The van der Waals surface area contributed by atoms with Crippen molar-refractivity contribution in [2.75, 3.05) is 10.6 Å². The lowest BCUT2D eigenvalue weighted by atomic mass is 9.96. The Morgan fingerprint density at radius 2 is 1.67 bits per heavy atom. The highest BCUT2D eigenvalue weighted by Gasteiger charge is 2.31. The summed E-state index contributed by atoms with van der Waals surface area (Å²) in [7, 11) is 0. The van der Waals surface area contributed by atoms with Crippen LogP contribution in [-0.4, -0.2) is 23.0 Å². The van der Waals surface area contributed by atoms with Crippen LogP contribution in [0.15, 0.2) is 36.4 Å². The van der Waals surface area contributed by atoms with E-state index in [4.69, 9.17) is 0 Å². The van der Waals surface area contributed by atoms with Crippen molar-refractivity contribution in [2.24, 2.45) is 0 Å². The number of phenols is 1. The van der Waals surface area contributed by atoms with Crippen LogP contribution in [0.3, 0.4) is 0 Å². The van der Waals surface area contributed by atoms with Gasteiger partial charge in [-0.25, -0.2) is 10.9 Å². The van der Waals surface area contributed by atoms with Gasteiger partial charge in [-0.05, 0) is 50.1 Å². The summed E-state index contributed by atoms with van der Waals surface area (Å²) < 4.78 is 0. The molecule has 3 rings (SSSR count). The van der Waals surface area contributed by atoms with Crippen LogP contribution in [0.25, 0.3) is 0 Å². The molecular formula is C20H24N4O3. The van der Waals surface area contributed by atoms with Gasteiger partial charge < -0.3 is 15.7 Å². The number of hydrazine groups is 1. The van der Waals surface area contributed by atoms with Crippen molar-refractivity contribution in [1.82, 2.24) is 10.9 Å². The Morgan fingerprint density at radius 3 is 2.30 bits per heavy atom. The fourth-order valence-electron chi connectivity index (χ4n) is 3.26. The van der Waals surface area contributed by atoms with Gasteiger partial charge >= 0.3 is 0 Å². The van der Waals surface area contributed by atoms with Crippen LogP contribution in [0, 0.1) is 13.8 Å². The Hall–Kier alpha value is -2.90. The van der Waals surface area contributed by atoms with Gasteiger partial charge in [-0.15, -0.1) is 0 Å². The minimum atomic E-state index is -0.426. The number of hydrogen-bond acceptors (Lipinski definition) is 5. The van der Waals surface area contributed by atoms with Gasteiger partial charge in [-0.2, -0.15) is 0 Å². The van der Waals surface area contributed by atoms with E-state index < -0.39 is 6.04 Å². The van der Waals surface area contributed by atoms with Crippen LogP contribution in [0.5, 0.6) is 5.75 Å². The zero-order valence-corrected chi connectivity index (χ0v) is 15.6. The quantitative estimate of drug-likeness (QED) is 0.571. The molecule has 2 amide bonds. The van der Waals surface area contributed by atoms with Crippen molar-refractivity contribution >= 4 is 23.2 Å². The van der Waals surface area contributed by atoms with Crippen molar-refractivity contribution < 1.29 is 14.7 Å². The fourth-order valence-corrected chi connectivity index (χ4v) is 3.26. The van der Waals surface area contributed by atoms with E-state index in [9.17, 15) is 14.7 Å². The number of rotatable bonds is 4. The second kappa shape index (κ2) is 7.77. The molecule has 0 spiro atoms. The third kappa shape index (κ3) is 4.45. The first-order valence-electron chi connectivity index (χ1n) is 8.83. The van der Waals surface area contributed by atoms with E-state index in [1.165, 1.54) is 6.92 Å². The molecule has 0 bridgehead atoms. The number of hydrogen-bond donors (Lipinski definition) is 5. The molecule has 5 N–H and O–H groups in total. The van der Waals surface area contributed by atoms with E-state index in [-0.39, 0.29) is 23.6 Å². The lowest BCUT2D eigenvalue weighted by Gasteiger charge is -2.15. The number of carbonyl (C=O) groups excluding carboxylic acids is 2. The zero-order valence-electron chi connectivity index (χ0n) is 15.6. The van der Waals surface area contributed by atoms with Crippen molar-refractivity contribution in [3.8, 4) is 5.75 Å². The van der Waals surface area contributed by atoms with Crippen molar-refractivity contribution in [1.29, 1.82) is 0 Å². The Kier molecular flexibility index (Phi) is 5.43. The van der Waals surface area contributed by atoms with Crippen molar-refractivity contribution in [2.45, 2.75) is 39.3 Å². The Balaban J connectivity index is 1.63. The third-order valence-electron chi connectivity index (χ3n) is 4.54. The number of nitrogens with one attached hydrogen (secondary N) is 4. The summed E-state index contributed by atoms with van der Waals surface area (Å²) in [6.07, 6.45) is 0.520. The highest BCUT2D eigenvalue weighted by atomic mass is 16.3. The molecule has 1 aliphatic rings. The summed E-state index contributed by atoms with van der Waals surface area (Å²) in [5.41, 5.74) is 10.1. The highest BCUT2D eigenvalue weighted by Crippen LogP contribution is 2.33. The van der Waals surface area contributed by atoms with Crippen LogP contribution in [0.1, 0.15) is 36.1 Å². The highest BCUT2D eigenvalue weighted by molar-refractivity contribution is 5.95. The third-order valence-corrected chi connectivity index (χ3v) is 4.54. The maximum absolute atomic E-state index is 12.5. The second-order valence-electron chi connectivity index (χ2n) is 6.90. The number of carbonyl (C=O) groups is 2. The van der Waals surface area contributed by atoms with E-state index in [0.717, 1.165) is 16.7 Å². The number of amides is 2. The maximum atomic E-state index is 12.5. The van der Waals surface area contributed by atoms with Gasteiger partial charge in [0.2, 0.25) is 11.8 Å². The predicted molar refractivity (Wildman–Crippen MR) is 104 cm³/mol. The number of anilines is 2. The Labute approximate surface area is 158 Å². The SMILES string of the molecule is CC(=O)Nc1ccc(NC(=O)C2CC(c3cc(C)cc(C)c3O)NN2)cc1. The molecule has 0 radical (unpaired) electrons.